The molecule has 0 aliphatic carbocycles. The first kappa shape index (κ1) is 13.3. The number of hydrogen-bond acceptors (Lipinski definition) is 1. The van der Waals surface area contributed by atoms with Gasteiger partial charge < -0.3 is 5.32 Å². The van der Waals surface area contributed by atoms with Crippen LogP contribution in [0.4, 0.5) is 0 Å². The van der Waals surface area contributed by atoms with E-state index >= 15 is 0 Å². The van der Waals surface area contributed by atoms with Crippen molar-refractivity contribution >= 4 is 0 Å². The third-order valence-electron chi connectivity index (χ3n) is 1.46. The Labute approximate surface area is 71.9 Å². The van der Waals surface area contributed by atoms with E-state index in [2.05, 4.69) is 18.8 Å². The molecule has 0 bridgehead atoms. The summed E-state index contributed by atoms with van der Waals surface area (Å²) in [5, 5.41) is 3.11. The molecule has 0 radical (unpaired) electrons. The standard InChI is InChI=1S/C8H17N.C2H6/c1-4-8(2)6-5-7-9-3;1-2/h9H,2,4-7H2,1,3H3;1-2H3. The van der Waals surface area contributed by atoms with Crippen LogP contribution in [-0.2, 0) is 0 Å². The molecule has 0 spiro atoms. The predicted molar refractivity (Wildman–Crippen MR) is 53.9 cm³/mol. The van der Waals surface area contributed by atoms with E-state index in [1.165, 1.54) is 18.4 Å². The van der Waals surface area contributed by atoms with E-state index in [0.717, 1.165) is 13.0 Å². The molecule has 0 aromatic heterocycles. The van der Waals surface area contributed by atoms with Crippen LogP contribution in [0, 0.1) is 0 Å². The molecule has 0 aliphatic rings. The Morgan fingerprint density at radius 2 is 1.91 bits per heavy atom. The molecule has 0 saturated carbocycles. The van der Waals surface area contributed by atoms with Gasteiger partial charge in [-0.05, 0) is 32.9 Å². The number of nitrogens with one attached hydrogen (secondary N) is 1. The Hall–Kier alpha value is -0.300. The minimum atomic E-state index is 1.11. The van der Waals surface area contributed by atoms with Crippen LogP contribution in [0.2, 0.25) is 0 Å². The van der Waals surface area contributed by atoms with Gasteiger partial charge in [0.2, 0.25) is 0 Å². The van der Waals surface area contributed by atoms with Crippen LogP contribution in [0.15, 0.2) is 12.2 Å². The Morgan fingerprint density at radius 1 is 1.36 bits per heavy atom. The van der Waals surface area contributed by atoms with E-state index in [1.54, 1.807) is 0 Å². The molecular weight excluding hydrogens is 134 g/mol. The maximum Gasteiger partial charge on any atom is -0.00489 e. The van der Waals surface area contributed by atoms with Crippen molar-refractivity contribution in [2.45, 2.75) is 40.0 Å². The number of rotatable bonds is 5. The molecular formula is C10H23N. The highest BCUT2D eigenvalue weighted by atomic mass is 14.8. The van der Waals surface area contributed by atoms with Crippen LogP contribution in [0.1, 0.15) is 40.0 Å². The summed E-state index contributed by atoms with van der Waals surface area (Å²) in [6.45, 7) is 11.2. The van der Waals surface area contributed by atoms with E-state index in [0.29, 0.717) is 0 Å². The average Bonchev–Trinajstić information content (AvgIpc) is 2.08. The molecule has 0 aromatic rings. The third kappa shape index (κ3) is 12.8. The molecule has 68 valence electrons. The zero-order valence-electron chi connectivity index (χ0n) is 8.54. The molecule has 0 amide bonds. The molecule has 1 nitrogen and oxygen atoms in total. The molecule has 0 aromatic carbocycles. The first-order valence-corrected chi connectivity index (χ1v) is 4.62. The minimum absolute atomic E-state index is 1.11. The molecule has 0 heterocycles. The lowest BCUT2D eigenvalue weighted by Crippen LogP contribution is -2.07. The van der Waals surface area contributed by atoms with Crippen LogP contribution >= 0.6 is 0 Å². The second-order valence-electron chi connectivity index (χ2n) is 2.31. The highest BCUT2D eigenvalue weighted by Crippen LogP contribution is 2.04. The Balaban J connectivity index is 0. The van der Waals surface area contributed by atoms with Gasteiger partial charge in [-0.2, -0.15) is 0 Å². The van der Waals surface area contributed by atoms with E-state index in [4.69, 9.17) is 0 Å². The summed E-state index contributed by atoms with van der Waals surface area (Å²) < 4.78 is 0. The summed E-state index contributed by atoms with van der Waals surface area (Å²) in [6.07, 6.45) is 3.53. The molecule has 0 unspecified atom stereocenters. The quantitative estimate of drug-likeness (QED) is 0.478. The molecule has 11 heavy (non-hydrogen) atoms. The van der Waals surface area contributed by atoms with E-state index in [-0.39, 0.29) is 0 Å². The smallest absolute Gasteiger partial charge is 0.00489 e. The van der Waals surface area contributed by atoms with Gasteiger partial charge in [-0.3, -0.25) is 0 Å². The van der Waals surface area contributed by atoms with Gasteiger partial charge in [-0.25, -0.2) is 0 Å². The van der Waals surface area contributed by atoms with Gasteiger partial charge in [0.1, 0.15) is 0 Å². The highest BCUT2D eigenvalue weighted by Gasteiger charge is 1.88. The Morgan fingerprint density at radius 3 is 2.27 bits per heavy atom. The van der Waals surface area contributed by atoms with E-state index < -0.39 is 0 Å². The molecule has 1 heteroatoms. The van der Waals surface area contributed by atoms with Crippen molar-refractivity contribution < 1.29 is 0 Å². The van der Waals surface area contributed by atoms with Crippen LogP contribution in [0.5, 0.6) is 0 Å². The van der Waals surface area contributed by atoms with Crippen molar-refractivity contribution in [1.29, 1.82) is 0 Å². The Kier molecular flexibility index (Phi) is 15.0. The second kappa shape index (κ2) is 12.4. The lowest BCUT2D eigenvalue weighted by Gasteiger charge is -2.00. The van der Waals surface area contributed by atoms with Crippen LogP contribution in [-0.4, -0.2) is 13.6 Å². The minimum Gasteiger partial charge on any atom is -0.320 e. The fraction of sp³-hybridized carbons (Fsp3) is 0.800. The van der Waals surface area contributed by atoms with E-state index in [9.17, 15) is 0 Å². The van der Waals surface area contributed by atoms with Crippen molar-refractivity contribution in [3.63, 3.8) is 0 Å². The van der Waals surface area contributed by atoms with Gasteiger partial charge >= 0.3 is 0 Å². The first-order chi connectivity index (χ1) is 5.31. The molecule has 0 saturated heterocycles. The molecule has 0 rings (SSSR count). The largest absolute Gasteiger partial charge is 0.320 e. The average molecular weight is 157 g/mol. The van der Waals surface area contributed by atoms with Crippen molar-refractivity contribution in [2.24, 2.45) is 0 Å². The van der Waals surface area contributed by atoms with Gasteiger partial charge in [0.25, 0.3) is 0 Å². The summed E-state index contributed by atoms with van der Waals surface area (Å²) in [5.41, 5.74) is 1.37. The Bertz CT molecular complexity index is 76.9. The third-order valence-corrected chi connectivity index (χ3v) is 1.46. The molecule has 0 aliphatic heterocycles. The van der Waals surface area contributed by atoms with Crippen molar-refractivity contribution in [3.05, 3.63) is 12.2 Å². The maximum atomic E-state index is 3.92. The number of hydrogen-bond donors (Lipinski definition) is 1. The van der Waals surface area contributed by atoms with Crippen molar-refractivity contribution in [3.8, 4) is 0 Å². The first-order valence-electron chi connectivity index (χ1n) is 4.62. The zero-order valence-corrected chi connectivity index (χ0v) is 8.54. The fourth-order valence-corrected chi connectivity index (χ4v) is 0.692. The van der Waals surface area contributed by atoms with Crippen molar-refractivity contribution in [1.82, 2.24) is 5.32 Å². The van der Waals surface area contributed by atoms with Gasteiger partial charge in [-0.1, -0.05) is 32.9 Å². The van der Waals surface area contributed by atoms with Gasteiger partial charge in [0.05, 0.1) is 0 Å². The van der Waals surface area contributed by atoms with Gasteiger partial charge in [0.15, 0.2) is 0 Å². The summed E-state index contributed by atoms with van der Waals surface area (Å²) in [7, 11) is 1.98. The second-order valence-corrected chi connectivity index (χ2v) is 2.31. The maximum absolute atomic E-state index is 3.92. The topological polar surface area (TPSA) is 12.0 Å². The lowest BCUT2D eigenvalue weighted by molar-refractivity contribution is 0.712. The lowest BCUT2D eigenvalue weighted by atomic mass is 10.1. The van der Waals surface area contributed by atoms with Crippen LogP contribution < -0.4 is 5.32 Å². The van der Waals surface area contributed by atoms with E-state index in [1.807, 2.05) is 20.9 Å². The zero-order chi connectivity index (χ0) is 9.11. The summed E-state index contributed by atoms with van der Waals surface area (Å²) in [5.74, 6) is 0. The van der Waals surface area contributed by atoms with Gasteiger partial charge in [-0.15, -0.1) is 0 Å². The van der Waals surface area contributed by atoms with Crippen LogP contribution in [0.3, 0.4) is 0 Å². The summed E-state index contributed by atoms with van der Waals surface area (Å²) in [6, 6.07) is 0. The predicted octanol–water partition coefficient (Wildman–Crippen LogP) is 2.98. The normalized spacial score (nSPS) is 8.36. The monoisotopic (exact) mass is 157 g/mol. The fourth-order valence-electron chi connectivity index (χ4n) is 0.692. The van der Waals surface area contributed by atoms with Crippen LogP contribution in [0.25, 0.3) is 0 Å². The highest BCUT2D eigenvalue weighted by molar-refractivity contribution is 4.91. The molecule has 0 fully saturated rings. The summed E-state index contributed by atoms with van der Waals surface area (Å²) >= 11 is 0. The number of allylic oxidation sites excluding steroid dienone is 1. The SMILES string of the molecule is C=C(CC)CCCNC.CC. The van der Waals surface area contributed by atoms with Gasteiger partial charge in [0, 0.05) is 0 Å². The molecule has 1 N–H and O–H groups in total. The molecule has 0 atom stereocenters. The summed E-state index contributed by atoms with van der Waals surface area (Å²) in [4.78, 5) is 0. The van der Waals surface area contributed by atoms with Crippen molar-refractivity contribution in [2.75, 3.05) is 13.6 Å².